The number of carbonyl (C=O) groups is 3. The van der Waals surface area contributed by atoms with Crippen LogP contribution in [0.15, 0.2) is 0 Å². The SMILES string of the molecule is CCC(=O)NC(C(C)=O)C(C)=O. The number of hydrogen-bond acceptors (Lipinski definition) is 3. The van der Waals surface area contributed by atoms with E-state index in [2.05, 4.69) is 5.32 Å². The van der Waals surface area contributed by atoms with E-state index in [1.54, 1.807) is 6.92 Å². The molecule has 0 heterocycles. The van der Waals surface area contributed by atoms with Gasteiger partial charge in [0.1, 0.15) is 6.04 Å². The molecule has 0 aromatic carbocycles. The maximum absolute atomic E-state index is 10.8. The highest BCUT2D eigenvalue weighted by atomic mass is 16.2. The Bertz CT molecular complexity index is 196. The van der Waals surface area contributed by atoms with Crippen LogP contribution in [0, 0.1) is 0 Å². The van der Waals surface area contributed by atoms with Gasteiger partial charge < -0.3 is 5.32 Å². The lowest BCUT2D eigenvalue weighted by Crippen LogP contribution is -2.44. The van der Waals surface area contributed by atoms with Crippen molar-refractivity contribution in [2.45, 2.75) is 33.2 Å². The normalized spacial score (nSPS) is 9.67. The molecule has 1 N–H and O–H groups in total. The topological polar surface area (TPSA) is 63.2 Å². The number of Topliss-reactive ketones (excluding diaryl/α,β-unsaturated/α-hetero) is 2. The standard InChI is InChI=1S/C8H13NO3/c1-4-7(12)9-8(5(2)10)6(3)11/h8H,4H2,1-3H3,(H,9,12). The number of hydrogen-bond donors (Lipinski definition) is 1. The summed E-state index contributed by atoms with van der Waals surface area (Å²) in [5.74, 6) is -0.945. The molecular weight excluding hydrogens is 158 g/mol. The van der Waals surface area contributed by atoms with Crippen molar-refractivity contribution >= 4 is 17.5 Å². The van der Waals surface area contributed by atoms with Crippen molar-refractivity contribution in [2.75, 3.05) is 0 Å². The van der Waals surface area contributed by atoms with Gasteiger partial charge in [0.05, 0.1) is 0 Å². The molecule has 1 amide bonds. The largest absolute Gasteiger partial charge is 0.340 e. The molecule has 4 nitrogen and oxygen atoms in total. The first-order valence-electron chi connectivity index (χ1n) is 3.79. The highest BCUT2D eigenvalue weighted by molar-refractivity contribution is 6.06. The second-order valence-corrected chi connectivity index (χ2v) is 2.58. The van der Waals surface area contributed by atoms with Crippen LogP contribution < -0.4 is 5.32 Å². The lowest BCUT2D eigenvalue weighted by Gasteiger charge is -2.11. The van der Waals surface area contributed by atoms with Crippen LogP contribution in [0.25, 0.3) is 0 Å². The zero-order valence-electron chi connectivity index (χ0n) is 7.51. The fraction of sp³-hybridized carbons (Fsp3) is 0.625. The van der Waals surface area contributed by atoms with E-state index in [1.807, 2.05) is 0 Å². The Kier molecular flexibility index (Phi) is 4.18. The molecule has 0 bridgehead atoms. The van der Waals surface area contributed by atoms with E-state index >= 15 is 0 Å². The van der Waals surface area contributed by atoms with Crippen molar-refractivity contribution in [3.8, 4) is 0 Å². The van der Waals surface area contributed by atoms with Crippen molar-refractivity contribution in [3.05, 3.63) is 0 Å². The summed E-state index contributed by atoms with van der Waals surface area (Å²) in [4.78, 5) is 32.4. The second-order valence-electron chi connectivity index (χ2n) is 2.58. The van der Waals surface area contributed by atoms with E-state index in [0.29, 0.717) is 0 Å². The Labute approximate surface area is 71.3 Å². The quantitative estimate of drug-likeness (QED) is 0.608. The van der Waals surface area contributed by atoms with Crippen LogP contribution in [0.2, 0.25) is 0 Å². The predicted octanol–water partition coefficient (Wildman–Crippen LogP) is 0.0592. The summed E-state index contributed by atoms with van der Waals surface area (Å²) in [6.07, 6.45) is 0.275. The highest BCUT2D eigenvalue weighted by Crippen LogP contribution is 1.89. The fourth-order valence-corrected chi connectivity index (χ4v) is 0.753. The molecule has 0 atom stereocenters. The number of rotatable bonds is 4. The van der Waals surface area contributed by atoms with E-state index in [1.165, 1.54) is 13.8 Å². The van der Waals surface area contributed by atoms with E-state index < -0.39 is 6.04 Å². The molecular formula is C8H13NO3. The van der Waals surface area contributed by atoms with Gasteiger partial charge in [0.25, 0.3) is 0 Å². The molecule has 0 rings (SSSR count). The van der Waals surface area contributed by atoms with Crippen LogP contribution in [-0.4, -0.2) is 23.5 Å². The van der Waals surface area contributed by atoms with Crippen LogP contribution in [0.1, 0.15) is 27.2 Å². The second kappa shape index (κ2) is 4.64. The molecule has 0 aromatic heterocycles. The van der Waals surface area contributed by atoms with Gasteiger partial charge >= 0.3 is 0 Å². The van der Waals surface area contributed by atoms with Gasteiger partial charge in [0.15, 0.2) is 11.6 Å². The van der Waals surface area contributed by atoms with Gasteiger partial charge in [-0.15, -0.1) is 0 Å². The average Bonchev–Trinajstić information content (AvgIpc) is 1.98. The Morgan fingerprint density at radius 3 is 1.83 bits per heavy atom. The Balaban J connectivity index is 4.24. The van der Waals surface area contributed by atoms with Gasteiger partial charge in [-0.3, -0.25) is 14.4 Å². The summed E-state index contributed by atoms with van der Waals surface area (Å²) < 4.78 is 0. The number of amides is 1. The molecule has 4 heteroatoms. The smallest absolute Gasteiger partial charge is 0.220 e. The van der Waals surface area contributed by atoms with Crippen LogP contribution in [0.5, 0.6) is 0 Å². The van der Waals surface area contributed by atoms with E-state index in [0.717, 1.165) is 0 Å². The molecule has 0 aromatic rings. The maximum Gasteiger partial charge on any atom is 0.220 e. The minimum atomic E-state index is -0.961. The van der Waals surface area contributed by atoms with Gasteiger partial charge in [0, 0.05) is 6.42 Å². The van der Waals surface area contributed by atoms with Gasteiger partial charge in [0.2, 0.25) is 5.91 Å². The predicted molar refractivity (Wildman–Crippen MR) is 43.6 cm³/mol. The first-order chi connectivity index (χ1) is 5.49. The molecule has 0 radical (unpaired) electrons. The number of nitrogens with one attached hydrogen (secondary N) is 1. The number of carbonyl (C=O) groups excluding carboxylic acids is 3. The third-order valence-corrected chi connectivity index (χ3v) is 1.44. The summed E-state index contributed by atoms with van der Waals surface area (Å²) in [6.45, 7) is 4.22. The molecule has 0 spiro atoms. The molecule has 0 saturated heterocycles. The van der Waals surface area contributed by atoms with Crippen molar-refractivity contribution in [3.63, 3.8) is 0 Å². The zero-order valence-corrected chi connectivity index (χ0v) is 7.51. The summed E-state index contributed by atoms with van der Waals surface area (Å²) in [5, 5.41) is 2.33. The summed E-state index contributed by atoms with van der Waals surface area (Å²) >= 11 is 0. The van der Waals surface area contributed by atoms with Crippen LogP contribution in [-0.2, 0) is 14.4 Å². The summed E-state index contributed by atoms with van der Waals surface area (Å²) in [6, 6.07) is -0.961. The first kappa shape index (κ1) is 10.8. The van der Waals surface area contributed by atoms with Crippen molar-refractivity contribution in [1.82, 2.24) is 5.32 Å². The molecule has 0 unspecified atom stereocenters. The van der Waals surface area contributed by atoms with Gasteiger partial charge in [-0.1, -0.05) is 6.92 Å². The maximum atomic E-state index is 10.8. The van der Waals surface area contributed by atoms with Crippen molar-refractivity contribution in [2.24, 2.45) is 0 Å². The average molecular weight is 171 g/mol. The van der Waals surface area contributed by atoms with E-state index in [9.17, 15) is 14.4 Å². The minimum Gasteiger partial charge on any atom is -0.340 e. The molecule has 68 valence electrons. The van der Waals surface area contributed by atoms with E-state index in [4.69, 9.17) is 0 Å². The van der Waals surface area contributed by atoms with Gasteiger partial charge in [-0.2, -0.15) is 0 Å². The summed E-state index contributed by atoms with van der Waals surface area (Å²) in [5.41, 5.74) is 0. The van der Waals surface area contributed by atoms with Crippen LogP contribution in [0.3, 0.4) is 0 Å². The van der Waals surface area contributed by atoms with Crippen LogP contribution in [0.4, 0.5) is 0 Å². The van der Waals surface area contributed by atoms with Gasteiger partial charge in [-0.05, 0) is 13.8 Å². The molecule has 0 aliphatic carbocycles. The lowest BCUT2D eigenvalue weighted by molar-refractivity contribution is -0.133. The monoisotopic (exact) mass is 171 g/mol. The molecule has 0 aliphatic heterocycles. The molecule has 0 saturated carbocycles. The Morgan fingerprint density at radius 2 is 1.58 bits per heavy atom. The Morgan fingerprint density at radius 1 is 1.17 bits per heavy atom. The first-order valence-corrected chi connectivity index (χ1v) is 3.79. The minimum absolute atomic E-state index is 0.275. The third kappa shape index (κ3) is 3.27. The fourth-order valence-electron chi connectivity index (χ4n) is 0.753. The molecule has 12 heavy (non-hydrogen) atoms. The van der Waals surface area contributed by atoms with Crippen molar-refractivity contribution in [1.29, 1.82) is 0 Å². The summed E-state index contributed by atoms with van der Waals surface area (Å²) in [7, 11) is 0. The Hall–Kier alpha value is -1.19. The third-order valence-electron chi connectivity index (χ3n) is 1.44. The highest BCUT2D eigenvalue weighted by Gasteiger charge is 2.20. The molecule has 0 aliphatic rings. The number of ketones is 2. The van der Waals surface area contributed by atoms with Crippen LogP contribution >= 0.6 is 0 Å². The molecule has 0 fully saturated rings. The zero-order chi connectivity index (χ0) is 9.72. The van der Waals surface area contributed by atoms with Crippen molar-refractivity contribution < 1.29 is 14.4 Å². The van der Waals surface area contributed by atoms with E-state index in [-0.39, 0.29) is 23.9 Å². The lowest BCUT2D eigenvalue weighted by atomic mass is 10.1. The van der Waals surface area contributed by atoms with Gasteiger partial charge in [-0.25, -0.2) is 0 Å².